The monoisotopic (exact) mass is 376 g/mol. The third-order valence-electron chi connectivity index (χ3n) is 5.48. The zero-order chi connectivity index (χ0) is 19.5. The summed E-state index contributed by atoms with van der Waals surface area (Å²) in [6.07, 6.45) is 2.29. The second-order valence-electron chi connectivity index (χ2n) is 7.29. The van der Waals surface area contributed by atoms with E-state index in [0.717, 1.165) is 18.5 Å². The zero-order valence-corrected chi connectivity index (χ0v) is 16.0. The van der Waals surface area contributed by atoms with Crippen LogP contribution in [0, 0.1) is 0 Å². The van der Waals surface area contributed by atoms with Gasteiger partial charge in [-0.1, -0.05) is 48.5 Å². The number of carbonyl (C=O) groups is 1. The van der Waals surface area contributed by atoms with Crippen LogP contribution in [0.3, 0.4) is 0 Å². The normalized spacial score (nSPS) is 17.2. The average molecular weight is 376 g/mol. The number of fused-ring (bicyclic) bond motifs is 1. The fourth-order valence-electron chi connectivity index (χ4n) is 3.96. The van der Waals surface area contributed by atoms with Gasteiger partial charge in [0.2, 0.25) is 0 Å². The lowest BCUT2D eigenvalue weighted by molar-refractivity contribution is 0.0660. The molecule has 28 heavy (non-hydrogen) atoms. The molecular formula is C23H24N2O3. The van der Waals surface area contributed by atoms with Gasteiger partial charge >= 0.3 is 5.97 Å². The van der Waals surface area contributed by atoms with E-state index in [2.05, 4.69) is 11.9 Å². The molecule has 4 rings (SSSR count). The van der Waals surface area contributed by atoms with Crippen molar-refractivity contribution in [2.75, 3.05) is 20.2 Å². The number of carboxylic acids is 1. The van der Waals surface area contributed by atoms with E-state index in [1.807, 2.05) is 54.6 Å². The maximum absolute atomic E-state index is 12.2. The van der Waals surface area contributed by atoms with E-state index < -0.39 is 5.97 Å². The largest absolute Gasteiger partial charge is 0.478 e. The van der Waals surface area contributed by atoms with Crippen LogP contribution < -0.4 is 0 Å². The Hall–Kier alpha value is -2.76. The van der Waals surface area contributed by atoms with E-state index >= 15 is 0 Å². The van der Waals surface area contributed by atoms with Crippen LogP contribution >= 0.6 is 0 Å². The number of hydrogen-bond acceptors (Lipinski definition) is 4. The summed E-state index contributed by atoms with van der Waals surface area (Å²) in [5.74, 6) is -0.952. The minimum atomic E-state index is -0.952. The molecule has 1 saturated heterocycles. The van der Waals surface area contributed by atoms with Gasteiger partial charge in [-0.2, -0.15) is 0 Å². The third kappa shape index (κ3) is 3.63. The van der Waals surface area contributed by atoms with Gasteiger partial charge in [0.1, 0.15) is 0 Å². The van der Waals surface area contributed by atoms with Crippen LogP contribution in [0.2, 0.25) is 0 Å². The van der Waals surface area contributed by atoms with Crippen molar-refractivity contribution in [2.45, 2.75) is 25.5 Å². The fraction of sp³-hybridized carbons (Fsp3) is 0.304. The van der Waals surface area contributed by atoms with Crippen molar-refractivity contribution in [1.29, 1.82) is 0 Å². The SMILES string of the molecule is CN1CCCC1COCc1c(-c2ccccc2)nc2ccccc2c1C(=O)O. The van der Waals surface area contributed by atoms with Gasteiger partial charge in [0.05, 0.1) is 30.0 Å². The van der Waals surface area contributed by atoms with Gasteiger partial charge in [0, 0.05) is 22.6 Å². The number of hydrogen-bond donors (Lipinski definition) is 1. The Morgan fingerprint density at radius 3 is 2.64 bits per heavy atom. The highest BCUT2D eigenvalue weighted by molar-refractivity contribution is 6.05. The predicted molar refractivity (Wildman–Crippen MR) is 109 cm³/mol. The lowest BCUT2D eigenvalue weighted by Crippen LogP contribution is -2.29. The molecule has 0 saturated carbocycles. The predicted octanol–water partition coefficient (Wildman–Crippen LogP) is 4.21. The molecule has 2 heterocycles. The standard InChI is InChI=1S/C23H24N2O3/c1-25-13-7-10-17(25)14-28-15-19-21(23(26)27)18-11-5-6-12-20(18)24-22(19)16-8-3-2-4-9-16/h2-6,8-9,11-12,17H,7,10,13-15H2,1H3,(H,26,27). The van der Waals surface area contributed by atoms with Crippen LogP contribution in [0.4, 0.5) is 0 Å². The van der Waals surface area contributed by atoms with Gasteiger partial charge < -0.3 is 14.7 Å². The number of likely N-dealkylation sites (N-methyl/N-ethyl adjacent to an activating group) is 1. The lowest BCUT2D eigenvalue weighted by atomic mass is 9.97. The number of aromatic carboxylic acids is 1. The van der Waals surface area contributed by atoms with Crippen LogP contribution in [0.5, 0.6) is 0 Å². The Labute approximate surface area is 164 Å². The summed E-state index contributed by atoms with van der Waals surface area (Å²) in [5, 5.41) is 10.6. The number of ether oxygens (including phenoxy) is 1. The molecule has 2 aromatic carbocycles. The van der Waals surface area contributed by atoms with Crippen molar-refractivity contribution in [3.8, 4) is 11.3 Å². The van der Waals surface area contributed by atoms with Gasteiger partial charge in [-0.15, -0.1) is 0 Å². The van der Waals surface area contributed by atoms with E-state index in [-0.39, 0.29) is 12.2 Å². The van der Waals surface area contributed by atoms with E-state index in [1.165, 1.54) is 6.42 Å². The minimum Gasteiger partial charge on any atom is -0.478 e. The molecule has 5 nitrogen and oxygen atoms in total. The molecule has 0 aliphatic carbocycles. The fourth-order valence-corrected chi connectivity index (χ4v) is 3.96. The van der Waals surface area contributed by atoms with Crippen LogP contribution in [-0.4, -0.2) is 47.2 Å². The Balaban J connectivity index is 1.77. The first kappa shape index (κ1) is 18.6. The van der Waals surface area contributed by atoms with Crippen molar-refractivity contribution in [2.24, 2.45) is 0 Å². The quantitative estimate of drug-likeness (QED) is 0.698. The first-order chi connectivity index (χ1) is 13.6. The Morgan fingerprint density at radius 1 is 1.18 bits per heavy atom. The molecule has 0 spiro atoms. The highest BCUT2D eigenvalue weighted by Gasteiger charge is 2.24. The molecule has 1 aliphatic heterocycles. The lowest BCUT2D eigenvalue weighted by Gasteiger charge is -2.20. The smallest absolute Gasteiger partial charge is 0.336 e. The molecule has 0 bridgehead atoms. The number of pyridine rings is 1. The summed E-state index contributed by atoms with van der Waals surface area (Å²) in [6.45, 7) is 1.91. The topological polar surface area (TPSA) is 62.7 Å². The van der Waals surface area contributed by atoms with Gasteiger partial charge in [-0.3, -0.25) is 0 Å². The van der Waals surface area contributed by atoms with Crippen molar-refractivity contribution in [3.05, 3.63) is 65.7 Å². The summed E-state index contributed by atoms with van der Waals surface area (Å²) >= 11 is 0. The van der Waals surface area contributed by atoms with E-state index in [9.17, 15) is 9.90 Å². The highest BCUT2D eigenvalue weighted by Crippen LogP contribution is 2.31. The maximum atomic E-state index is 12.2. The first-order valence-electron chi connectivity index (χ1n) is 9.63. The molecule has 3 aromatic rings. The third-order valence-corrected chi connectivity index (χ3v) is 5.48. The van der Waals surface area contributed by atoms with Gasteiger partial charge in [-0.05, 0) is 32.5 Å². The first-order valence-corrected chi connectivity index (χ1v) is 9.63. The molecule has 1 N–H and O–H groups in total. The van der Waals surface area contributed by atoms with Crippen LogP contribution in [0.25, 0.3) is 22.2 Å². The van der Waals surface area contributed by atoms with Crippen molar-refractivity contribution in [1.82, 2.24) is 9.88 Å². The molecule has 5 heteroatoms. The Kier molecular flexibility index (Phi) is 5.37. The molecule has 1 aliphatic rings. The summed E-state index contributed by atoms with van der Waals surface area (Å²) in [5.41, 5.74) is 3.17. The molecule has 1 atom stereocenters. The zero-order valence-electron chi connectivity index (χ0n) is 16.0. The molecule has 1 fully saturated rings. The molecular weight excluding hydrogens is 352 g/mol. The van der Waals surface area contributed by atoms with E-state index in [4.69, 9.17) is 9.72 Å². The second kappa shape index (κ2) is 8.09. The van der Waals surface area contributed by atoms with Crippen LogP contribution in [0.15, 0.2) is 54.6 Å². The maximum Gasteiger partial charge on any atom is 0.336 e. The number of benzene rings is 2. The number of para-hydroxylation sites is 1. The highest BCUT2D eigenvalue weighted by atomic mass is 16.5. The Morgan fingerprint density at radius 2 is 1.93 bits per heavy atom. The van der Waals surface area contributed by atoms with E-state index in [1.54, 1.807) is 0 Å². The summed E-state index contributed by atoms with van der Waals surface area (Å²) in [4.78, 5) is 19.3. The van der Waals surface area contributed by atoms with Crippen molar-refractivity contribution < 1.29 is 14.6 Å². The number of aromatic nitrogens is 1. The van der Waals surface area contributed by atoms with Crippen LogP contribution in [0.1, 0.15) is 28.8 Å². The molecule has 1 aromatic heterocycles. The number of likely N-dealkylation sites (tertiary alicyclic amines) is 1. The molecule has 0 radical (unpaired) electrons. The summed E-state index contributed by atoms with van der Waals surface area (Å²) in [6, 6.07) is 17.5. The summed E-state index contributed by atoms with van der Waals surface area (Å²) in [7, 11) is 2.11. The van der Waals surface area contributed by atoms with Gasteiger partial charge in [0.15, 0.2) is 0 Å². The molecule has 0 amide bonds. The Bertz CT molecular complexity index is 988. The second-order valence-corrected chi connectivity index (χ2v) is 7.29. The minimum absolute atomic E-state index is 0.230. The van der Waals surface area contributed by atoms with Gasteiger partial charge in [-0.25, -0.2) is 9.78 Å². The summed E-state index contributed by atoms with van der Waals surface area (Å²) < 4.78 is 6.03. The van der Waals surface area contributed by atoms with Crippen molar-refractivity contribution in [3.63, 3.8) is 0 Å². The molecule has 144 valence electrons. The number of carboxylic acid groups (broad SMARTS) is 1. The number of rotatable bonds is 6. The average Bonchev–Trinajstić information content (AvgIpc) is 3.12. The number of nitrogens with zero attached hydrogens (tertiary/aromatic N) is 2. The van der Waals surface area contributed by atoms with E-state index in [0.29, 0.717) is 34.8 Å². The van der Waals surface area contributed by atoms with Crippen LogP contribution in [-0.2, 0) is 11.3 Å². The van der Waals surface area contributed by atoms with Crippen molar-refractivity contribution >= 4 is 16.9 Å². The molecule has 1 unspecified atom stereocenters. The van der Waals surface area contributed by atoms with Gasteiger partial charge in [0.25, 0.3) is 0 Å².